The van der Waals surface area contributed by atoms with Gasteiger partial charge in [0.25, 0.3) is 0 Å². The number of carbonyl (C=O) groups is 1. The van der Waals surface area contributed by atoms with E-state index in [1.165, 1.54) is 38.5 Å². The monoisotopic (exact) mass is 283 g/mol. The highest BCUT2D eigenvalue weighted by molar-refractivity contribution is 5.89. The van der Waals surface area contributed by atoms with Crippen molar-refractivity contribution < 1.29 is 9.53 Å². The predicted octanol–water partition coefficient (Wildman–Crippen LogP) is 2.83. The highest BCUT2D eigenvalue weighted by Gasteiger charge is 2.12. The molecular formula is C15H22ClNO2. The van der Waals surface area contributed by atoms with Crippen molar-refractivity contribution in [3.8, 4) is 0 Å². The Bertz CT molecular complexity index is 386. The van der Waals surface area contributed by atoms with Gasteiger partial charge in [-0.2, -0.15) is 0 Å². The minimum atomic E-state index is -0.266. The van der Waals surface area contributed by atoms with Crippen molar-refractivity contribution in [3.05, 3.63) is 35.4 Å². The summed E-state index contributed by atoms with van der Waals surface area (Å²) in [4.78, 5) is 11.3. The molecule has 1 unspecified atom stereocenters. The van der Waals surface area contributed by atoms with E-state index in [0.717, 1.165) is 18.9 Å². The number of ether oxygens (including phenoxy) is 1. The van der Waals surface area contributed by atoms with Crippen LogP contribution in [0.25, 0.3) is 0 Å². The maximum Gasteiger partial charge on any atom is 0.337 e. The molecule has 0 radical (unpaired) electrons. The standard InChI is InChI=1S/C15H21NO2.ClH/c1-18-15(17)14-8-6-12(7-9-14)4-5-13-3-2-10-16-11-13;/h6-9,13,16H,2-5,10-11H2,1H3;1H. The van der Waals surface area contributed by atoms with Crippen LogP contribution in [0.5, 0.6) is 0 Å². The van der Waals surface area contributed by atoms with Crippen LogP contribution in [0.1, 0.15) is 35.2 Å². The van der Waals surface area contributed by atoms with Gasteiger partial charge in [0.2, 0.25) is 0 Å². The molecule has 0 spiro atoms. The average Bonchev–Trinajstić information content (AvgIpc) is 2.46. The normalized spacial score (nSPS) is 18.5. The van der Waals surface area contributed by atoms with Crippen LogP contribution in [0.3, 0.4) is 0 Å². The number of rotatable bonds is 4. The van der Waals surface area contributed by atoms with Gasteiger partial charge in [-0.25, -0.2) is 4.79 Å². The molecule has 19 heavy (non-hydrogen) atoms. The van der Waals surface area contributed by atoms with Crippen molar-refractivity contribution in [2.24, 2.45) is 5.92 Å². The fraction of sp³-hybridized carbons (Fsp3) is 0.533. The fourth-order valence-electron chi connectivity index (χ4n) is 2.47. The molecule has 106 valence electrons. The van der Waals surface area contributed by atoms with Crippen LogP contribution in [0.4, 0.5) is 0 Å². The molecular weight excluding hydrogens is 262 g/mol. The summed E-state index contributed by atoms with van der Waals surface area (Å²) in [6, 6.07) is 7.76. The Hall–Kier alpha value is -1.06. The lowest BCUT2D eigenvalue weighted by Crippen LogP contribution is -2.29. The van der Waals surface area contributed by atoms with Crippen molar-refractivity contribution in [1.82, 2.24) is 5.32 Å². The van der Waals surface area contributed by atoms with E-state index >= 15 is 0 Å². The number of methoxy groups -OCH3 is 1. The third-order valence-electron chi connectivity index (χ3n) is 3.62. The van der Waals surface area contributed by atoms with Crippen molar-refractivity contribution in [2.75, 3.05) is 20.2 Å². The number of hydrogen-bond acceptors (Lipinski definition) is 3. The van der Waals surface area contributed by atoms with E-state index in [1.54, 1.807) is 0 Å². The molecule has 0 aliphatic carbocycles. The molecule has 0 amide bonds. The predicted molar refractivity (Wildman–Crippen MR) is 78.9 cm³/mol. The first-order valence-corrected chi connectivity index (χ1v) is 6.67. The lowest BCUT2D eigenvalue weighted by molar-refractivity contribution is 0.0600. The van der Waals surface area contributed by atoms with Gasteiger partial charge in [-0.3, -0.25) is 0 Å². The molecule has 3 nitrogen and oxygen atoms in total. The second kappa shape index (κ2) is 8.18. The zero-order chi connectivity index (χ0) is 12.8. The lowest BCUT2D eigenvalue weighted by atomic mass is 9.92. The lowest BCUT2D eigenvalue weighted by Gasteiger charge is -2.22. The summed E-state index contributed by atoms with van der Waals surface area (Å²) in [7, 11) is 1.41. The van der Waals surface area contributed by atoms with E-state index in [1.807, 2.05) is 24.3 Å². The van der Waals surface area contributed by atoms with E-state index in [9.17, 15) is 4.79 Å². The molecule has 0 aromatic heterocycles. The maximum atomic E-state index is 11.3. The fourth-order valence-corrected chi connectivity index (χ4v) is 2.47. The second-order valence-electron chi connectivity index (χ2n) is 4.94. The van der Waals surface area contributed by atoms with Gasteiger partial charge in [0, 0.05) is 0 Å². The molecule has 1 aromatic rings. The van der Waals surface area contributed by atoms with Crippen LogP contribution >= 0.6 is 12.4 Å². The van der Waals surface area contributed by atoms with Crippen LogP contribution in [0.15, 0.2) is 24.3 Å². The minimum absolute atomic E-state index is 0. The first kappa shape index (κ1) is 16.0. The molecule has 1 aliphatic rings. The van der Waals surface area contributed by atoms with E-state index in [2.05, 4.69) is 10.1 Å². The van der Waals surface area contributed by atoms with Gasteiger partial charge < -0.3 is 10.1 Å². The quantitative estimate of drug-likeness (QED) is 0.864. The Morgan fingerprint density at radius 3 is 2.68 bits per heavy atom. The summed E-state index contributed by atoms with van der Waals surface area (Å²) in [6.45, 7) is 2.32. The molecule has 1 heterocycles. The number of aryl methyl sites for hydroxylation is 1. The Morgan fingerprint density at radius 1 is 1.37 bits per heavy atom. The molecule has 4 heteroatoms. The Balaban J connectivity index is 0.00000180. The Labute approximate surface area is 121 Å². The van der Waals surface area contributed by atoms with Gasteiger partial charge in [-0.15, -0.1) is 12.4 Å². The number of carbonyl (C=O) groups excluding carboxylic acids is 1. The largest absolute Gasteiger partial charge is 0.465 e. The summed E-state index contributed by atoms with van der Waals surface area (Å²) >= 11 is 0. The summed E-state index contributed by atoms with van der Waals surface area (Å²) in [6.07, 6.45) is 4.96. The first-order chi connectivity index (χ1) is 8.79. The van der Waals surface area contributed by atoms with Gasteiger partial charge in [0.15, 0.2) is 0 Å². The number of esters is 1. The number of benzene rings is 1. The van der Waals surface area contributed by atoms with Gasteiger partial charge in [-0.1, -0.05) is 12.1 Å². The number of hydrogen-bond donors (Lipinski definition) is 1. The van der Waals surface area contributed by atoms with Crippen molar-refractivity contribution >= 4 is 18.4 Å². The zero-order valence-corrected chi connectivity index (χ0v) is 12.2. The maximum absolute atomic E-state index is 11.3. The third kappa shape index (κ3) is 4.84. The van der Waals surface area contributed by atoms with Crippen LogP contribution in [0, 0.1) is 5.92 Å². The smallest absolute Gasteiger partial charge is 0.337 e. The van der Waals surface area contributed by atoms with Gasteiger partial charge in [-0.05, 0) is 62.4 Å². The average molecular weight is 284 g/mol. The zero-order valence-electron chi connectivity index (χ0n) is 11.4. The Kier molecular flexibility index (Phi) is 6.89. The van der Waals surface area contributed by atoms with Crippen molar-refractivity contribution in [1.29, 1.82) is 0 Å². The van der Waals surface area contributed by atoms with Crippen LogP contribution in [-0.4, -0.2) is 26.2 Å². The molecule has 1 atom stereocenters. The van der Waals surface area contributed by atoms with Crippen molar-refractivity contribution in [2.45, 2.75) is 25.7 Å². The highest BCUT2D eigenvalue weighted by Crippen LogP contribution is 2.17. The summed E-state index contributed by atoms with van der Waals surface area (Å²) in [5.74, 6) is 0.539. The molecule has 0 saturated carbocycles. The first-order valence-electron chi connectivity index (χ1n) is 6.67. The van der Waals surface area contributed by atoms with Crippen LogP contribution in [0.2, 0.25) is 0 Å². The highest BCUT2D eigenvalue weighted by atomic mass is 35.5. The number of nitrogens with one attached hydrogen (secondary N) is 1. The van der Waals surface area contributed by atoms with Crippen LogP contribution in [-0.2, 0) is 11.2 Å². The van der Waals surface area contributed by atoms with E-state index in [0.29, 0.717) is 5.56 Å². The second-order valence-corrected chi connectivity index (χ2v) is 4.94. The Morgan fingerprint density at radius 2 is 2.11 bits per heavy atom. The molecule has 2 rings (SSSR count). The van der Waals surface area contributed by atoms with Crippen molar-refractivity contribution in [3.63, 3.8) is 0 Å². The molecule has 1 fully saturated rings. The van der Waals surface area contributed by atoms with E-state index in [-0.39, 0.29) is 18.4 Å². The van der Waals surface area contributed by atoms with Gasteiger partial charge >= 0.3 is 5.97 Å². The SMILES string of the molecule is COC(=O)c1ccc(CCC2CCCNC2)cc1.Cl. The number of halogens is 1. The molecule has 0 bridgehead atoms. The summed E-state index contributed by atoms with van der Waals surface area (Å²) in [5, 5.41) is 3.44. The van der Waals surface area contributed by atoms with E-state index < -0.39 is 0 Å². The van der Waals surface area contributed by atoms with Crippen LogP contribution < -0.4 is 5.32 Å². The van der Waals surface area contributed by atoms with E-state index in [4.69, 9.17) is 0 Å². The van der Waals surface area contributed by atoms with Gasteiger partial charge in [0.1, 0.15) is 0 Å². The molecule has 1 aliphatic heterocycles. The third-order valence-corrected chi connectivity index (χ3v) is 3.62. The summed E-state index contributed by atoms with van der Waals surface area (Å²) < 4.78 is 4.68. The molecule has 1 aromatic carbocycles. The molecule has 1 N–H and O–H groups in total. The summed E-state index contributed by atoms with van der Waals surface area (Å²) in [5.41, 5.74) is 1.92. The minimum Gasteiger partial charge on any atom is -0.465 e. The topological polar surface area (TPSA) is 38.3 Å². The molecule has 1 saturated heterocycles. The number of piperidine rings is 1. The van der Waals surface area contributed by atoms with Gasteiger partial charge in [0.05, 0.1) is 12.7 Å².